The van der Waals surface area contributed by atoms with Crippen LogP contribution in [0.3, 0.4) is 0 Å². The van der Waals surface area contributed by atoms with Gasteiger partial charge in [-0.15, -0.1) is 0 Å². The molecule has 1 heterocycles. The number of fused-ring (bicyclic) bond motifs is 1. The molecule has 3 atom stereocenters. The Morgan fingerprint density at radius 3 is 2.88 bits per heavy atom. The van der Waals surface area contributed by atoms with Crippen LogP contribution < -0.4 is 4.52 Å². The average molecular weight is 254 g/mol. The maximum Gasteiger partial charge on any atom is 0.530 e. The minimum atomic E-state index is -3.41. The zero-order valence-corrected chi connectivity index (χ0v) is 10.3. The van der Waals surface area contributed by atoms with Crippen LogP contribution in [0, 0.1) is 5.92 Å². The summed E-state index contributed by atoms with van der Waals surface area (Å²) in [5, 5.41) is 0. The minimum Gasteiger partial charge on any atom is -0.404 e. The van der Waals surface area contributed by atoms with Crippen LogP contribution in [0.4, 0.5) is 0 Å². The van der Waals surface area contributed by atoms with Crippen LogP contribution in [-0.4, -0.2) is 12.7 Å². The second-order valence-corrected chi connectivity index (χ2v) is 6.03. The average Bonchev–Trinajstić information content (AvgIpc) is 2.76. The smallest absolute Gasteiger partial charge is 0.404 e. The van der Waals surface area contributed by atoms with E-state index in [0.717, 1.165) is 19.3 Å². The van der Waals surface area contributed by atoms with E-state index < -0.39 is 7.82 Å². The summed E-state index contributed by atoms with van der Waals surface area (Å²) in [7, 11) is -3.41. The molecular weight excluding hydrogens is 239 g/mol. The molecule has 0 bridgehead atoms. The Balaban J connectivity index is 1.72. The van der Waals surface area contributed by atoms with Crippen molar-refractivity contribution in [2.45, 2.75) is 25.4 Å². The predicted molar refractivity (Wildman–Crippen MR) is 62.8 cm³/mol. The van der Waals surface area contributed by atoms with Gasteiger partial charge in [0, 0.05) is 5.92 Å². The number of hydrogen-bond donors (Lipinski definition) is 0. The van der Waals surface area contributed by atoms with Gasteiger partial charge >= 0.3 is 7.82 Å². The van der Waals surface area contributed by atoms with E-state index in [-0.39, 0.29) is 6.10 Å². The van der Waals surface area contributed by atoms with Crippen molar-refractivity contribution in [2.24, 2.45) is 5.92 Å². The summed E-state index contributed by atoms with van der Waals surface area (Å²) in [6.45, 7) is 0.481. The molecule has 1 saturated heterocycles. The fourth-order valence-corrected chi connectivity index (χ4v) is 3.89. The SMILES string of the molecule is O=[P@@]1(Oc2ccccc2)OC[C@H]2CCC[C@@H]2O1. The molecule has 0 amide bonds. The fourth-order valence-electron chi connectivity index (χ4n) is 2.37. The first-order valence-electron chi connectivity index (χ1n) is 5.93. The summed E-state index contributed by atoms with van der Waals surface area (Å²) in [4.78, 5) is 0. The van der Waals surface area contributed by atoms with E-state index in [0.29, 0.717) is 18.3 Å². The van der Waals surface area contributed by atoms with Gasteiger partial charge in [0.05, 0.1) is 12.7 Å². The third-order valence-electron chi connectivity index (χ3n) is 3.26. The number of benzene rings is 1. The largest absolute Gasteiger partial charge is 0.530 e. The van der Waals surface area contributed by atoms with Gasteiger partial charge in [0.15, 0.2) is 0 Å². The zero-order chi connectivity index (χ0) is 11.7. The predicted octanol–water partition coefficient (Wildman–Crippen LogP) is 3.39. The van der Waals surface area contributed by atoms with Crippen molar-refractivity contribution in [1.29, 1.82) is 0 Å². The molecule has 1 aliphatic carbocycles. The molecule has 92 valence electrons. The standard InChI is InChI=1S/C12H15O4P/c13-17(15-11-6-2-1-3-7-11)14-9-10-5-4-8-12(10)16-17/h1-3,6-7,10,12H,4-5,8-9H2/t10-,12+,17+/m1/s1. The van der Waals surface area contributed by atoms with Crippen molar-refractivity contribution >= 4 is 7.82 Å². The van der Waals surface area contributed by atoms with Gasteiger partial charge in [-0.1, -0.05) is 24.6 Å². The van der Waals surface area contributed by atoms with Gasteiger partial charge in [-0.25, -0.2) is 4.57 Å². The van der Waals surface area contributed by atoms with Gasteiger partial charge in [0.2, 0.25) is 0 Å². The highest BCUT2D eigenvalue weighted by molar-refractivity contribution is 7.49. The first kappa shape index (κ1) is 11.3. The second-order valence-electron chi connectivity index (χ2n) is 4.48. The van der Waals surface area contributed by atoms with Crippen molar-refractivity contribution < 1.29 is 18.1 Å². The highest BCUT2D eigenvalue weighted by Crippen LogP contribution is 2.56. The van der Waals surface area contributed by atoms with Gasteiger partial charge in [0.25, 0.3) is 0 Å². The van der Waals surface area contributed by atoms with Crippen molar-refractivity contribution in [3.8, 4) is 5.75 Å². The van der Waals surface area contributed by atoms with Crippen molar-refractivity contribution in [3.05, 3.63) is 30.3 Å². The van der Waals surface area contributed by atoms with Gasteiger partial charge in [0.1, 0.15) is 5.75 Å². The number of phosphoric ester groups is 1. The van der Waals surface area contributed by atoms with E-state index >= 15 is 0 Å². The molecule has 0 N–H and O–H groups in total. The zero-order valence-electron chi connectivity index (χ0n) is 9.45. The summed E-state index contributed by atoms with van der Waals surface area (Å²) in [6, 6.07) is 9.01. The van der Waals surface area contributed by atoms with Crippen LogP contribution in [0.5, 0.6) is 5.75 Å². The Labute approximate surface area is 100 Å². The lowest BCUT2D eigenvalue weighted by atomic mass is 10.1. The molecular formula is C12H15O4P. The molecule has 1 aliphatic heterocycles. The number of hydrogen-bond acceptors (Lipinski definition) is 4. The van der Waals surface area contributed by atoms with E-state index in [1.807, 2.05) is 18.2 Å². The van der Waals surface area contributed by atoms with Gasteiger partial charge in [-0.05, 0) is 25.0 Å². The number of rotatable bonds is 2. The number of para-hydroxylation sites is 1. The van der Waals surface area contributed by atoms with Crippen molar-refractivity contribution in [1.82, 2.24) is 0 Å². The maximum atomic E-state index is 12.3. The van der Waals surface area contributed by atoms with Gasteiger partial charge in [-0.2, -0.15) is 0 Å². The lowest BCUT2D eigenvalue weighted by Gasteiger charge is -2.30. The molecule has 1 saturated carbocycles. The van der Waals surface area contributed by atoms with Crippen LogP contribution in [0.25, 0.3) is 0 Å². The van der Waals surface area contributed by atoms with Crippen LogP contribution in [0.2, 0.25) is 0 Å². The van der Waals surface area contributed by atoms with Crippen LogP contribution in [-0.2, 0) is 13.6 Å². The van der Waals surface area contributed by atoms with E-state index in [4.69, 9.17) is 13.6 Å². The highest BCUT2D eigenvalue weighted by Gasteiger charge is 2.44. The molecule has 5 heteroatoms. The third-order valence-corrected chi connectivity index (χ3v) is 4.69. The summed E-state index contributed by atoms with van der Waals surface area (Å²) in [5.74, 6) is 0.906. The molecule has 0 unspecified atom stereocenters. The molecule has 0 spiro atoms. The molecule has 1 aromatic carbocycles. The monoisotopic (exact) mass is 254 g/mol. The Morgan fingerprint density at radius 2 is 2.06 bits per heavy atom. The lowest BCUT2D eigenvalue weighted by molar-refractivity contribution is 0.0199. The Kier molecular flexibility index (Phi) is 2.95. The molecule has 0 radical (unpaired) electrons. The van der Waals surface area contributed by atoms with E-state index in [1.54, 1.807) is 12.1 Å². The minimum absolute atomic E-state index is 0.0401. The third kappa shape index (κ3) is 2.39. The molecule has 4 nitrogen and oxygen atoms in total. The topological polar surface area (TPSA) is 44.8 Å². The first-order valence-corrected chi connectivity index (χ1v) is 7.39. The molecule has 2 aliphatic rings. The first-order chi connectivity index (χ1) is 8.25. The molecule has 0 aromatic heterocycles. The molecule has 3 rings (SSSR count). The highest BCUT2D eigenvalue weighted by atomic mass is 31.2. The Morgan fingerprint density at radius 1 is 1.24 bits per heavy atom. The lowest BCUT2D eigenvalue weighted by Crippen LogP contribution is -2.28. The summed E-state index contributed by atoms with van der Waals surface area (Å²) >= 11 is 0. The summed E-state index contributed by atoms with van der Waals surface area (Å²) in [6.07, 6.45) is 3.20. The van der Waals surface area contributed by atoms with Crippen molar-refractivity contribution in [2.75, 3.05) is 6.61 Å². The van der Waals surface area contributed by atoms with E-state index in [2.05, 4.69) is 0 Å². The fraction of sp³-hybridized carbons (Fsp3) is 0.500. The molecule has 1 aromatic rings. The summed E-state index contributed by atoms with van der Waals surface area (Å²) in [5.41, 5.74) is 0. The maximum absolute atomic E-state index is 12.3. The van der Waals surface area contributed by atoms with Crippen LogP contribution in [0.15, 0.2) is 30.3 Å². The molecule has 2 fully saturated rings. The summed E-state index contributed by atoms with van der Waals surface area (Å²) < 4.78 is 28.4. The van der Waals surface area contributed by atoms with E-state index in [1.165, 1.54) is 0 Å². The Hall–Kier alpha value is -0.830. The number of phosphoric acid groups is 1. The normalized spacial score (nSPS) is 36.5. The second kappa shape index (κ2) is 4.45. The van der Waals surface area contributed by atoms with Crippen LogP contribution in [0.1, 0.15) is 19.3 Å². The van der Waals surface area contributed by atoms with Gasteiger partial charge in [-0.3, -0.25) is 9.05 Å². The molecule has 17 heavy (non-hydrogen) atoms. The van der Waals surface area contributed by atoms with Crippen molar-refractivity contribution in [3.63, 3.8) is 0 Å². The quantitative estimate of drug-likeness (QED) is 0.759. The van der Waals surface area contributed by atoms with E-state index in [9.17, 15) is 4.57 Å². The van der Waals surface area contributed by atoms with Gasteiger partial charge < -0.3 is 4.52 Å². The Bertz CT molecular complexity index is 433. The van der Waals surface area contributed by atoms with Crippen LogP contribution >= 0.6 is 7.82 Å².